The van der Waals surface area contributed by atoms with E-state index < -0.39 is 0 Å². The molecule has 2 fully saturated rings. The van der Waals surface area contributed by atoms with Gasteiger partial charge in [-0.3, -0.25) is 4.79 Å². The summed E-state index contributed by atoms with van der Waals surface area (Å²) in [6.45, 7) is 1.46. The number of carbonyl (C=O) groups excluding carboxylic acids is 1. The van der Waals surface area contributed by atoms with Gasteiger partial charge >= 0.3 is 0 Å². The zero-order chi connectivity index (χ0) is 8.55. The third kappa shape index (κ3) is 1.21. The molecule has 1 amide bonds. The summed E-state index contributed by atoms with van der Waals surface area (Å²) in [5.41, 5.74) is 0. The second-order valence-corrected chi connectivity index (χ2v) is 3.53. The third-order valence-electron chi connectivity index (χ3n) is 2.67. The van der Waals surface area contributed by atoms with Gasteiger partial charge in [0.1, 0.15) is 0 Å². The Morgan fingerprint density at radius 1 is 1.58 bits per heavy atom. The summed E-state index contributed by atoms with van der Waals surface area (Å²) in [5, 5.41) is 11.6. The molecule has 2 saturated heterocycles. The van der Waals surface area contributed by atoms with Gasteiger partial charge in [0, 0.05) is 11.8 Å². The SMILES string of the molecule is O=C1N[C@H](CO)CC1C1COC1. The molecule has 0 saturated carbocycles. The molecule has 2 heterocycles. The monoisotopic (exact) mass is 171 g/mol. The molecule has 68 valence electrons. The summed E-state index contributed by atoms with van der Waals surface area (Å²) < 4.78 is 5.02. The van der Waals surface area contributed by atoms with Crippen LogP contribution in [0, 0.1) is 11.8 Å². The van der Waals surface area contributed by atoms with Crippen molar-refractivity contribution in [2.45, 2.75) is 12.5 Å². The van der Waals surface area contributed by atoms with Gasteiger partial charge in [0.15, 0.2) is 0 Å². The summed E-state index contributed by atoms with van der Waals surface area (Å²) in [7, 11) is 0. The van der Waals surface area contributed by atoms with Crippen molar-refractivity contribution in [2.75, 3.05) is 19.8 Å². The molecule has 4 heteroatoms. The van der Waals surface area contributed by atoms with Crippen LogP contribution in [0.15, 0.2) is 0 Å². The first-order valence-corrected chi connectivity index (χ1v) is 4.30. The average Bonchev–Trinajstić information content (AvgIpc) is 2.29. The fourth-order valence-electron chi connectivity index (χ4n) is 1.79. The van der Waals surface area contributed by atoms with Gasteiger partial charge in [-0.05, 0) is 6.42 Å². The lowest BCUT2D eigenvalue weighted by molar-refractivity contribution is -0.131. The number of hydrogen-bond acceptors (Lipinski definition) is 3. The highest BCUT2D eigenvalue weighted by Gasteiger charge is 2.40. The Morgan fingerprint density at radius 2 is 2.33 bits per heavy atom. The average molecular weight is 171 g/mol. The molecule has 2 rings (SSSR count). The Labute approximate surface area is 70.9 Å². The van der Waals surface area contributed by atoms with Gasteiger partial charge in [0.2, 0.25) is 5.91 Å². The quantitative estimate of drug-likeness (QED) is 0.568. The smallest absolute Gasteiger partial charge is 0.223 e. The molecule has 12 heavy (non-hydrogen) atoms. The third-order valence-corrected chi connectivity index (χ3v) is 2.67. The number of aliphatic hydroxyl groups excluding tert-OH is 1. The highest BCUT2D eigenvalue weighted by atomic mass is 16.5. The summed E-state index contributed by atoms with van der Waals surface area (Å²) in [4.78, 5) is 11.3. The van der Waals surface area contributed by atoms with Crippen LogP contribution in [0.2, 0.25) is 0 Å². The Bertz CT molecular complexity index is 191. The lowest BCUT2D eigenvalue weighted by atomic mass is 9.88. The number of amides is 1. The Hall–Kier alpha value is -0.610. The highest BCUT2D eigenvalue weighted by Crippen LogP contribution is 2.28. The van der Waals surface area contributed by atoms with Gasteiger partial charge in [-0.1, -0.05) is 0 Å². The molecule has 0 spiro atoms. The number of ether oxygens (including phenoxy) is 1. The van der Waals surface area contributed by atoms with E-state index in [1.54, 1.807) is 0 Å². The van der Waals surface area contributed by atoms with Crippen LogP contribution in [0.3, 0.4) is 0 Å². The first-order valence-electron chi connectivity index (χ1n) is 4.30. The fraction of sp³-hybridized carbons (Fsp3) is 0.875. The van der Waals surface area contributed by atoms with Crippen LogP contribution in [-0.4, -0.2) is 36.9 Å². The highest BCUT2D eigenvalue weighted by molar-refractivity contribution is 5.81. The van der Waals surface area contributed by atoms with E-state index in [1.165, 1.54) is 0 Å². The Balaban J connectivity index is 1.93. The maximum atomic E-state index is 11.3. The predicted octanol–water partition coefficient (Wildman–Crippen LogP) is -0.870. The number of aliphatic hydroxyl groups is 1. The largest absolute Gasteiger partial charge is 0.394 e. The normalized spacial score (nSPS) is 36.2. The molecule has 2 aliphatic rings. The zero-order valence-corrected chi connectivity index (χ0v) is 6.82. The molecular formula is C8H13NO3. The molecule has 2 atom stereocenters. The van der Waals surface area contributed by atoms with Crippen molar-refractivity contribution in [1.82, 2.24) is 5.32 Å². The molecule has 1 unspecified atom stereocenters. The molecule has 0 aromatic rings. The lowest BCUT2D eigenvalue weighted by Crippen LogP contribution is -2.38. The van der Waals surface area contributed by atoms with Gasteiger partial charge in [-0.15, -0.1) is 0 Å². The van der Waals surface area contributed by atoms with Gasteiger partial charge in [-0.2, -0.15) is 0 Å². The molecule has 0 radical (unpaired) electrons. The van der Waals surface area contributed by atoms with Crippen LogP contribution in [-0.2, 0) is 9.53 Å². The van der Waals surface area contributed by atoms with Crippen molar-refractivity contribution in [3.8, 4) is 0 Å². The minimum absolute atomic E-state index is 0.0249. The van der Waals surface area contributed by atoms with Gasteiger partial charge < -0.3 is 15.2 Å². The number of nitrogens with one attached hydrogen (secondary N) is 1. The Kier molecular flexibility index (Phi) is 2.02. The number of hydrogen-bond donors (Lipinski definition) is 2. The first-order chi connectivity index (χ1) is 5.81. The number of rotatable bonds is 2. The fourth-order valence-corrected chi connectivity index (χ4v) is 1.79. The van der Waals surface area contributed by atoms with E-state index in [1.807, 2.05) is 0 Å². The van der Waals surface area contributed by atoms with Crippen molar-refractivity contribution in [3.63, 3.8) is 0 Å². The summed E-state index contributed by atoms with van der Waals surface area (Å²) in [6, 6.07) is -0.0249. The van der Waals surface area contributed by atoms with Gasteiger partial charge in [0.05, 0.1) is 25.9 Å². The van der Waals surface area contributed by atoms with Crippen LogP contribution in [0.4, 0.5) is 0 Å². The molecule has 2 N–H and O–H groups in total. The predicted molar refractivity (Wildman–Crippen MR) is 41.4 cm³/mol. The van der Waals surface area contributed by atoms with E-state index in [2.05, 4.69) is 5.32 Å². The topological polar surface area (TPSA) is 58.6 Å². The molecule has 0 bridgehead atoms. The molecular weight excluding hydrogens is 158 g/mol. The standard InChI is InChI=1S/C8H13NO3/c10-2-6-1-7(8(11)9-6)5-3-12-4-5/h5-7,10H,1-4H2,(H,9,11)/t6-,7?/m0/s1. The molecule has 0 aromatic heterocycles. The zero-order valence-electron chi connectivity index (χ0n) is 6.82. The van der Waals surface area contributed by atoms with Crippen molar-refractivity contribution in [2.24, 2.45) is 11.8 Å². The second-order valence-electron chi connectivity index (χ2n) is 3.53. The maximum Gasteiger partial charge on any atom is 0.223 e. The van der Waals surface area contributed by atoms with E-state index >= 15 is 0 Å². The van der Waals surface area contributed by atoms with Gasteiger partial charge in [-0.25, -0.2) is 0 Å². The van der Waals surface area contributed by atoms with Crippen LogP contribution in [0.1, 0.15) is 6.42 Å². The summed E-state index contributed by atoms with van der Waals surface area (Å²) >= 11 is 0. The van der Waals surface area contributed by atoms with Crippen LogP contribution in [0.25, 0.3) is 0 Å². The Morgan fingerprint density at radius 3 is 2.75 bits per heavy atom. The van der Waals surface area contributed by atoms with E-state index in [0.29, 0.717) is 19.1 Å². The van der Waals surface area contributed by atoms with E-state index in [4.69, 9.17) is 9.84 Å². The van der Waals surface area contributed by atoms with E-state index in [0.717, 1.165) is 6.42 Å². The minimum Gasteiger partial charge on any atom is -0.394 e. The van der Waals surface area contributed by atoms with Crippen molar-refractivity contribution >= 4 is 5.91 Å². The molecule has 4 nitrogen and oxygen atoms in total. The van der Waals surface area contributed by atoms with Gasteiger partial charge in [0.25, 0.3) is 0 Å². The maximum absolute atomic E-state index is 11.3. The van der Waals surface area contributed by atoms with Crippen LogP contribution in [0.5, 0.6) is 0 Å². The lowest BCUT2D eigenvalue weighted by Gasteiger charge is -2.29. The second kappa shape index (κ2) is 3.03. The van der Waals surface area contributed by atoms with E-state index in [-0.39, 0.29) is 24.5 Å². The van der Waals surface area contributed by atoms with Crippen LogP contribution >= 0.6 is 0 Å². The molecule has 2 aliphatic heterocycles. The van der Waals surface area contributed by atoms with E-state index in [9.17, 15) is 4.79 Å². The van der Waals surface area contributed by atoms with Crippen molar-refractivity contribution in [1.29, 1.82) is 0 Å². The number of carbonyl (C=O) groups is 1. The molecule has 0 aliphatic carbocycles. The van der Waals surface area contributed by atoms with Crippen LogP contribution < -0.4 is 5.32 Å². The molecule has 0 aromatic carbocycles. The first kappa shape index (κ1) is 8.01. The summed E-state index contributed by atoms with van der Waals surface area (Å²) in [5.74, 6) is 0.555. The van der Waals surface area contributed by atoms with Crippen molar-refractivity contribution in [3.05, 3.63) is 0 Å². The van der Waals surface area contributed by atoms with Crippen molar-refractivity contribution < 1.29 is 14.6 Å². The summed E-state index contributed by atoms with van der Waals surface area (Å²) in [6.07, 6.45) is 0.767. The minimum atomic E-state index is -0.0249.